The number of rotatable bonds is 6. The van der Waals surface area contributed by atoms with E-state index in [9.17, 15) is 4.79 Å². The van der Waals surface area contributed by atoms with E-state index >= 15 is 0 Å². The van der Waals surface area contributed by atoms with Crippen molar-refractivity contribution < 1.29 is 4.79 Å². The summed E-state index contributed by atoms with van der Waals surface area (Å²) >= 11 is 3.29. The Labute approximate surface area is 167 Å². The van der Waals surface area contributed by atoms with Gasteiger partial charge in [-0.2, -0.15) is 0 Å². The molecule has 1 unspecified atom stereocenters. The summed E-state index contributed by atoms with van der Waals surface area (Å²) < 4.78 is 0. The van der Waals surface area contributed by atoms with Crippen LogP contribution in [-0.2, 0) is 11.2 Å². The van der Waals surface area contributed by atoms with Crippen molar-refractivity contribution in [3.63, 3.8) is 0 Å². The number of thiophene rings is 1. The summed E-state index contributed by atoms with van der Waals surface area (Å²) in [5.74, 6) is 0.655. The molecule has 138 valence electrons. The smallest absolute Gasteiger partial charge is 0.225 e. The molecule has 5 heteroatoms. The van der Waals surface area contributed by atoms with Crippen LogP contribution in [0.15, 0.2) is 60.0 Å². The number of allylic oxidation sites excluding steroid dienone is 2. The highest BCUT2D eigenvalue weighted by Crippen LogP contribution is 2.36. The molecule has 3 nitrogen and oxygen atoms in total. The van der Waals surface area contributed by atoms with Crippen molar-refractivity contribution in [1.29, 1.82) is 0 Å². The summed E-state index contributed by atoms with van der Waals surface area (Å²) in [4.78, 5) is 19.6. The number of hydrogen-bond acceptors (Lipinski definition) is 4. The van der Waals surface area contributed by atoms with E-state index in [1.165, 1.54) is 0 Å². The molecule has 27 heavy (non-hydrogen) atoms. The third-order valence-electron chi connectivity index (χ3n) is 4.76. The van der Waals surface area contributed by atoms with Crippen LogP contribution in [0.25, 0.3) is 21.1 Å². The zero-order valence-electron chi connectivity index (χ0n) is 15.1. The van der Waals surface area contributed by atoms with E-state index in [0.29, 0.717) is 12.3 Å². The Kier molecular flexibility index (Phi) is 5.80. The fourth-order valence-corrected chi connectivity index (χ4v) is 5.18. The van der Waals surface area contributed by atoms with Crippen molar-refractivity contribution in [2.45, 2.75) is 25.7 Å². The topological polar surface area (TPSA) is 42.0 Å². The zero-order chi connectivity index (χ0) is 18.5. The Bertz CT molecular complexity index is 913. The van der Waals surface area contributed by atoms with Gasteiger partial charge in [-0.1, -0.05) is 48.6 Å². The van der Waals surface area contributed by atoms with E-state index < -0.39 is 0 Å². The Morgan fingerprint density at radius 3 is 2.78 bits per heavy atom. The lowest BCUT2D eigenvalue weighted by Gasteiger charge is -2.18. The Morgan fingerprint density at radius 2 is 2.04 bits per heavy atom. The molecular weight excluding hydrogens is 372 g/mol. The molecule has 3 aromatic rings. The summed E-state index contributed by atoms with van der Waals surface area (Å²) in [5, 5.41) is 6.16. The van der Waals surface area contributed by atoms with E-state index in [-0.39, 0.29) is 5.91 Å². The van der Waals surface area contributed by atoms with Crippen molar-refractivity contribution in [1.82, 2.24) is 10.3 Å². The van der Waals surface area contributed by atoms with Crippen LogP contribution in [0.5, 0.6) is 0 Å². The molecular formula is C22H22N2OS2. The molecule has 1 aliphatic carbocycles. The standard InChI is InChI=1S/C22H22N2OS2/c25-20(23-15-16-8-3-1-4-9-16)14-19-21(18-12-7-13-26-18)24-22(27-19)17-10-5-2-6-11-17/h1-3,5-7,10-13,16H,4,8-9,14-15H2,(H,23,25). The predicted octanol–water partition coefficient (Wildman–Crippen LogP) is 5.55. The average molecular weight is 395 g/mol. The van der Waals surface area contributed by atoms with Crippen LogP contribution in [-0.4, -0.2) is 17.4 Å². The number of thiazole rings is 1. The van der Waals surface area contributed by atoms with Gasteiger partial charge < -0.3 is 5.32 Å². The Hall–Kier alpha value is -2.24. The van der Waals surface area contributed by atoms with Crippen LogP contribution in [0.3, 0.4) is 0 Å². The number of carbonyl (C=O) groups excluding carboxylic acids is 1. The van der Waals surface area contributed by atoms with Gasteiger partial charge in [0.2, 0.25) is 5.91 Å². The van der Waals surface area contributed by atoms with Gasteiger partial charge in [-0.15, -0.1) is 22.7 Å². The number of nitrogens with zero attached hydrogens (tertiary/aromatic N) is 1. The van der Waals surface area contributed by atoms with Crippen LogP contribution >= 0.6 is 22.7 Å². The van der Waals surface area contributed by atoms with E-state index in [1.54, 1.807) is 22.7 Å². The summed E-state index contributed by atoms with van der Waals surface area (Å²) in [6, 6.07) is 14.3. The molecule has 1 atom stereocenters. The lowest BCUT2D eigenvalue weighted by molar-refractivity contribution is -0.120. The number of amides is 1. The summed E-state index contributed by atoms with van der Waals surface area (Å²) in [7, 11) is 0. The van der Waals surface area contributed by atoms with Gasteiger partial charge in [0.1, 0.15) is 5.01 Å². The highest BCUT2D eigenvalue weighted by Gasteiger charge is 2.18. The molecule has 2 heterocycles. The lowest BCUT2D eigenvalue weighted by atomic mass is 9.94. The van der Waals surface area contributed by atoms with Gasteiger partial charge in [0, 0.05) is 17.0 Å². The third kappa shape index (κ3) is 4.54. The molecule has 4 rings (SSSR count). The molecule has 1 aliphatic rings. The Morgan fingerprint density at radius 1 is 1.15 bits per heavy atom. The SMILES string of the molecule is O=C(Cc1sc(-c2ccccc2)nc1-c1cccs1)NCC1CC=CCC1. The molecule has 0 fully saturated rings. The molecule has 0 radical (unpaired) electrons. The minimum atomic E-state index is 0.0885. The fourth-order valence-electron chi connectivity index (χ4n) is 3.29. The minimum absolute atomic E-state index is 0.0885. The van der Waals surface area contributed by atoms with Crippen LogP contribution in [0.2, 0.25) is 0 Å². The second-order valence-electron chi connectivity index (χ2n) is 6.77. The van der Waals surface area contributed by atoms with Gasteiger partial charge in [0.05, 0.1) is 17.0 Å². The maximum atomic E-state index is 12.6. The molecule has 0 saturated carbocycles. The third-order valence-corrected chi connectivity index (χ3v) is 6.74. The largest absolute Gasteiger partial charge is 0.356 e. The van der Waals surface area contributed by atoms with E-state index in [2.05, 4.69) is 41.0 Å². The van der Waals surface area contributed by atoms with Gasteiger partial charge in [-0.25, -0.2) is 4.98 Å². The van der Waals surface area contributed by atoms with Gasteiger partial charge in [-0.05, 0) is 36.6 Å². The Balaban J connectivity index is 1.51. The van der Waals surface area contributed by atoms with Gasteiger partial charge in [0.15, 0.2) is 0 Å². The van der Waals surface area contributed by atoms with Gasteiger partial charge >= 0.3 is 0 Å². The highest BCUT2D eigenvalue weighted by atomic mass is 32.1. The summed E-state index contributed by atoms with van der Waals surface area (Å²) in [5.41, 5.74) is 2.05. The normalized spacial score (nSPS) is 16.4. The van der Waals surface area contributed by atoms with Crippen LogP contribution < -0.4 is 5.32 Å². The molecule has 1 amide bonds. The van der Waals surface area contributed by atoms with Crippen molar-refractivity contribution in [3.8, 4) is 21.1 Å². The van der Waals surface area contributed by atoms with Crippen molar-refractivity contribution >= 4 is 28.6 Å². The van der Waals surface area contributed by atoms with Crippen molar-refractivity contribution in [2.24, 2.45) is 5.92 Å². The fraction of sp³-hybridized carbons (Fsp3) is 0.273. The highest BCUT2D eigenvalue weighted by molar-refractivity contribution is 7.17. The van der Waals surface area contributed by atoms with E-state index in [0.717, 1.165) is 51.8 Å². The van der Waals surface area contributed by atoms with Crippen LogP contribution in [0.1, 0.15) is 24.1 Å². The summed E-state index contributed by atoms with van der Waals surface area (Å²) in [6.45, 7) is 0.766. The second-order valence-corrected chi connectivity index (χ2v) is 8.80. The number of hydrogen-bond donors (Lipinski definition) is 1. The van der Waals surface area contributed by atoms with Gasteiger partial charge in [-0.3, -0.25) is 4.79 Å². The van der Waals surface area contributed by atoms with E-state index in [4.69, 9.17) is 4.98 Å². The minimum Gasteiger partial charge on any atom is -0.356 e. The maximum Gasteiger partial charge on any atom is 0.225 e. The van der Waals surface area contributed by atoms with Crippen LogP contribution in [0, 0.1) is 5.92 Å². The molecule has 0 saturated heterocycles. The molecule has 1 aromatic carbocycles. The first-order valence-corrected chi connectivity index (χ1v) is 11.0. The number of aromatic nitrogens is 1. The quantitative estimate of drug-likeness (QED) is 0.557. The molecule has 2 aromatic heterocycles. The molecule has 1 N–H and O–H groups in total. The lowest BCUT2D eigenvalue weighted by Crippen LogP contribution is -2.30. The van der Waals surface area contributed by atoms with Crippen molar-refractivity contribution in [3.05, 3.63) is 64.9 Å². The first-order chi connectivity index (χ1) is 13.3. The van der Waals surface area contributed by atoms with Crippen molar-refractivity contribution in [2.75, 3.05) is 6.54 Å². The van der Waals surface area contributed by atoms with Crippen LogP contribution in [0.4, 0.5) is 0 Å². The van der Waals surface area contributed by atoms with Gasteiger partial charge in [0.25, 0.3) is 0 Å². The zero-order valence-corrected chi connectivity index (χ0v) is 16.7. The first kappa shape index (κ1) is 18.1. The average Bonchev–Trinajstić information content (AvgIpc) is 3.38. The van der Waals surface area contributed by atoms with E-state index in [1.807, 2.05) is 24.3 Å². The number of carbonyl (C=O) groups is 1. The monoisotopic (exact) mass is 394 g/mol. The second kappa shape index (κ2) is 8.63. The predicted molar refractivity (Wildman–Crippen MR) is 114 cm³/mol. The maximum absolute atomic E-state index is 12.6. The molecule has 0 spiro atoms. The summed E-state index contributed by atoms with van der Waals surface area (Å²) in [6.07, 6.45) is 8.20. The number of benzene rings is 1. The molecule has 0 aliphatic heterocycles. The molecule has 0 bridgehead atoms. The number of nitrogens with one attached hydrogen (secondary N) is 1. The first-order valence-electron chi connectivity index (χ1n) is 9.30.